The van der Waals surface area contributed by atoms with Gasteiger partial charge in [-0.15, -0.1) is 0 Å². The van der Waals surface area contributed by atoms with Crippen molar-refractivity contribution in [2.45, 2.75) is 6.42 Å². The van der Waals surface area contributed by atoms with E-state index in [1.165, 1.54) is 40.6 Å². The van der Waals surface area contributed by atoms with Crippen molar-refractivity contribution >= 4 is 11.9 Å². The summed E-state index contributed by atoms with van der Waals surface area (Å²) in [6.45, 7) is 0. The van der Waals surface area contributed by atoms with Gasteiger partial charge in [-0.05, 0) is 24.1 Å². The molecular formula is C14H18O7. The van der Waals surface area contributed by atoms with Crippen molar-refractivity contribution in [3.8, 4) is 17.2 Å². The normalized spacial score (nSPS) is 10.1. The maximum atomic E-state index is 11.7. The van der Waals surface area contributed by atoms with Crippen LogP contribution >= 0.6 is 0 Å². The minimum Gasteiger partial charge on any atom is -0.502 e. The summed E-state index contributed by atoms with van der Waals surface area (Å²) >= 11 is 0. The number of ether oxygens (including phenoxy) is 4. The van der Waals surface area contributed by atoms with Gasteiger partial charge >= 0.3 is 11.9 Å². The third-order valence-electron chi connectivity index (χ3n) is 2.95. The van der Waals surface area contributed by atoms with E-state index < -0.39 is 17.9 Å². The molecule has 7 nitrogen and oxygen atoms in total. The summed E-state index contributed by atoms with van der Waals surface area (Å²) in [5, 5.41) is 9.82. The van der Waals surface area contributed by atoms with E-state index in [4.69, 9.17) is 9.47 Å². The lowest BCUT2D eigenvalue weighted by atomic mass is 9.98. The zero-order valence-corrected chi connectivity index (χ0v) is 12.3. The highest BCUT2D eigenvalue weighted by Gasteiger charge is 2.29. The van der Waals surface area contributed by atoms with Crippen molar-refractivity contribution in [2.75, 3.05) is 28.4 Å². The van der Waals surface area contributed by atoms with Crippen LogP contribution in [-0.2, 0) is 25.5 Å². The number of benzene rings is 1. The van der Waals surface area contributed by atoms with Gasteiger partial charge in [-0.2, -0.15) is 0 Å². The monoisotopic (exact) mass is 298 g/mol. The zero-order valence-electron chi connectivity index (χ0n) is 12.3. The zero-order chi connectivity index (χ0) is 16.0. The van der Waals surface area contributed by atoms with E-state index in [-0.39, 0.29) is 23.7 Å². The van der Waals surface area contributed by atoms with E-state index in [9.17, 15) is 14.7 Å². The second-order valence-electron chi connectivity index (χ2n) is 4.15. The second kappa shape index (κ2) is 7.37. The Morgan fingerprint density at radius 1 is 1.00 bits per heavy atom. The minimum absolute atomic E-state index is 0.0341. The van der Waals surface area contributed by atoms with Gasteiger partial charge in [0.15, 0.2) is 17.4 Å². The van der Waals surface area contributed by atoms with Gasteiger partial charge in [0, 0.05) is 0 Å². The van der Waals surface area contributed by atoms with Crippen molar-refractivity contribution in [1.29, 1.82) is 0 Å². The molecule has 116 valence electrons. The molecule has 0 radical (unpaired) electrons. The molecule has 0 aliphatic rings. The van der Waals surface area contributed by atoms with Crippen molar-refractivity contribution in [1.82, 2.24) is 0 Å². The van der Waals surface area contributed by atoms with Crippen LogP contribution in [0.2, 0.25) is 0 Å². The Hall–Kier alpha value is -2.44. The number of carbonyl (C=O) groups excluding carboxylic acids is 2. The van der Waals surface area contributed by atoms with Gasteiger partial charge in [0.2, 0.25) is 5.75 Å². The third-order valence-corrected chi connectivity index (χ3v) is 2.95. The lowest BCUT2D eigenvalue weighted by Crippen LogP contribution is -2.28. The molecule has 0 aliphatic heterocycles. The number of rotatable bonds is 6. The Labute approximate surface area is 122 Å². The van der Waals surface area contributed by atoms with E-state index in [2.05, 4.69) is 9.47 Å². The molecule has 0 fully saturated rings. The third kappa shape index (κ3) is 3.77. The van der Waals surface area contributed by atoms with Gasteiger partial charge < -0.3 is 24.1 Å². The fourth-order valence-corrected chi connectivity index (χ4v) is 1.85. The van der Waals surface area contributed by atoms with Gasteiger partial charge in [-0.3, -0.25) is 9.59 Å². The average molecular weight is 298 g/mol. The van der Waals surface area contributed by atoms with Gasteiger partial charge in [0.1, 0.15) is 0 Å². The van der Waals surface area contributed by atoms with Crippen LogP contribution in [0.1, 0.15) is 5.56 Å². The highest BCUT2D eigenvalue weighted by molar-refractivity contribution is 5.95. The van der Waals surface area contributed by atoms with Crippen molar-refractivity contribution in [3.63, 3.8) is 0 Å². The SMILES string of the molecule is COC(=O)C(Cc1cc(OC)c(O)c(OC)c1)C(=O)OC. The van der Waals surface area contributed by atoms with Crippen LogP contribution in [0, 0.1) is 5.92 Å². The van der Waals surface area contributed by atoms with Crippen molar-refractivity contribution in [3.05, 3.63) is 17.7 Å². The molecule has 1 aromatic carbocycles. The van der Waals surface area contributed by atoms with Crippen LogP contribution in [0.15, 0.2) is 12.1 Å². The highest BCUT2D eigenvalue weighted by atomic mass is 16.5. The maximum Gasteiger partial charge on any atom is 0.320 e. The summed E-state index contributed by atoms with van der Waals surface area (Å²) in [4.78, 5) is 23.3. The molecule has 0 unspecified atom stereocenters. The molecule has 1 aromatic rings. The Morgan fingerprint density at radius 3 is 1.76 bits per heavy atom. The van der Waals surface area contributed by atoms with E-state index in [0.717, 1.165) is 0 Å². The molecule has 1 N–H and O–H groups in total. The first-order valence-electron chi connectivity index (χ1n) is 6.08. The predicted molar refractivity (Wildman–Crippen MR) is 72.4 cm³/mol. The van der Waals surface area contributed by atoms with Crippen LogP contribution in [0.3, 0.4) is 0 Å². The summed E-state index contributed by atoms with van der Waals surface area (Å²) in [5.41, 5.74) is 0.558. The molecule has 0 aromatic heterocycles. The first-order valence-corrected chi connectivity index (χ1v) is 6.08. The number of phenolic OH excluding ortho intramolecular Hbond substituents is 1. The summed E-state index contributed by atoms with van der Waals surface area (Å²) < 4.78 is 19.2. The van der Waals surface area contributed by atoms with E-state index in [1.54, 1.807) is 0 Å². The first-order chi connectivity index (χ1) is 9.98. The van der Waals surface area contributed by atoms with Crippen LogP contribution < -0.4 is 9.47 Å². The number of hydrogen-bond acceptors (Lipinski definition) is 7. The summed E-state index contributed by atoms with van der Waals surface area (Å²) in [5.74, 6) is -2.30. The van der Waals surface area contributed by atoms with E-state index in [1.807, 2.05) is 0 Å². The topological polar surface area (TPSA) is 91.3 Å². The molecule has 0 bridgehead atoms. The predicted octanol–water partition coefficient (Wildman–Crippen LogP) is 0.914. The Bertz CT molecular complexity index is 483. The quantitative estimate of drug-likeness (QED) is 0.616. The Kier molecular flexibility index (Phi) is 5.83. The minimum atomic E-state index is -1.10. The Balaban J connectivity index is 3.14. The Morgan fingerprint density at radius 2 is 1.43 bits per heavy atom. The van der Waals surface area contributed by atoms with E-state index in [0.29, 0.717) is 5.56 Å². The number of hydrogen-bond donors (Lipinski definition) is 1. The molecule has 0 spiro atoms. The number of phenols is 1. The lowest BCUT2D eigenvalue weighted by molar-refractivity contribution is -0.158. The van der Waals surface area contributed by atoms with Crippen LogP contribution in [0.5, 0.6) is 17.2 Å². The summed E-state index contributed by atoms with van der Waals surface area (Å²) in [6, 6.07) is 3.02. The molecular weight excluding hydrogens is 280 g/mol. The van der Waals surface area contributed by atoms with Gasteiger partial charge in [-0.1, -0.05) is 0 Å². The van der Waals surface area contributed by atoms with Crippen LogP contribution in [0.4, 0.5) is 0 Å². The van der Waals surface area contributed by atoms with E-state index >= 15 is 0 Å². The van der Waals surface area contributed by atoms with Crippen LogP contribution in [0.25, 0.3) is 0 Å². The maximum absolute atomic E-state index is 11.7. The van der Waals surface area contributed by atoms with Gasteiger partial charge in [-0.25, -0.2) is 0 Å². The number of methoxy groups -OCH3 is 4. The molecule has 21 heavy (non-hydrogen) atoms. The molecule has 7 heteroatoms. The summed E-state index contributed by atoms with van der Waals surface area (Å²) in [6.07, 6.45) is 0.0341. The average Bonchev–Trinajstić information content (AvgIpc) is 2.52. The van der Waals surface area contributed by atoms with Crippen LogP contribution in [-0.4, -0.2) is 45.5 Å². The molecule has 1 rings (SSSR count). The fraction of sp³-hybridized carbons (Fsp3) is 0.429. The highest BCUT2D eigenvalue weighted by Crippen LogP contribution is 2.37. The fourth-order valence-electron chi connectivity index (χ4n) is 1.85. The molecule has 0 aliphatic carbocycles. The summed E-state index contributed by atoms with van der Waals surface area (Å²) in [7, 11) is 5.15. The molecule has 0 amide bonds. The van der Waals surface area contributed by atoms with Crippen molar-refractivity contribution < 1.29 is 33.6 Å². The largest absolute Gasteiger partial charge is 0.502 e. The first kappa shape index (κ1) is 16.6. The molecule has 0 saturated heterocycles. The smallest absolute Gasteiger partial charge is 0.320 e. The molecule has 0 heterocycles. The number of aromatic hydroxyl groups is 1. The number of carbonyl (C=O) groups is 2. The standard InChI is InChI=1S/C14H18O7/c1-18-10-6-8(7-11(19-2)12(10)15)5-9(13(16)20-3)14(17)21-4/h6-7,9,15H,5H2,1-4H3. The van der Waals surface area contributed by atoms with Gasteiger partial charge in [0.05, 0.1) is 28.4 Å². The molecule has 0 saturated carbocycles. The van der Waals surface area contributed by atoms with Crippen molar-refractivity contribution in [2.24, 2.45) is 5.92 Å². The lowest BCUT2D eigenvalue weighted by Gasteiger charge is -2.15. The second-order valence-corrected chi connectivity index (χ2v) is 4.15. The molecule has 0 atom stereocenters. The van der Waals surface area contributed by atoms with Gasteiger partial charge in [0.25, 0.3) is 0 Å². The number of esters is 2.